The lowest BCUT2D eigenvalue weighted by atomic mass is 10.0. The first-order valence-corrected chi connectivity index (χ1v) is 5.66. The number of rotatable bonds is 2. The summed E-state index contributed by atoms with van der Waals surface area (Å²) in [6.07, 6.45) is 4.47. The van der Waals surface area contributed by atoms with Crippen molar-refractivity contribution in [3.63, 3.8) is 0 Å². The van der Waals surface area contributed by atoms with Crippen LogP contribution in [0.15, 0.2) is 23.8 Å². The summed E-state index contributed by atoms with van der Waals surface area (Å²) in [6, 6.07) is 0. The van der Waals surface area contributed by atoms with Crippen molar-refractivity contribution in [2.45, 2.75) is 19.4 Å². The summed E-state index contributed by atoms with van der Waals surface area (Å²) in [5.41, 5.74) is 0.951. The molecule has 17 heavy (non-hydrogen) atoms. The van der Waals surface area contributed by atoms with E-state index in [0.717, 1.165) is 12.0 Å². The predicted molar refractivity (Wildman–Crippen MR) is 60.3 cm³/mol. The molecule has 1 atom stereocenters. The molecule has 1 aliphatic heterocycles. The zero-order valence-corrected chi connectivity index (χ0v) is 9.72. The molecule has 0 N–H and O–H groups in total. The summed E-state index contributed by atoms with van der Waals surface area (Å²) in [5.74, 6) is -0.183. The lowest BCUT2D eigenvalue weighted by Gasteiger charge is -2.19. The zero-order valence-electron chi connectivity index (χ0n) is 9.72. The van der Waals surface area contributed by atoms with Crippen LogP contribution in [0.25, 0.3) is 0 Å². The van der Waals surface area contributed by atoms with Gasteiger partial charge in [-0.05, 0) is 24.1 Å². The van der Waals surface area contributed by atoms with Crippen molar-refractivity contribution >= 4 is 11.9 Å². The Morgan fingerprint density at radius 2 is 2.47 bits per heavy atom. The van der Waals surface area contributed by atoms with Gasteiger partial charge in [-0.15, -0.1) is 0 Å². The van der Waals surface area contributed by atoms with Gasteiger partial charge in [0.05, 0.1) is 6.61 Å². The normalized spacial score (nSPS) is 23.8. The number of allylic oxidation sites excluding steroid dienone is 2. The molecule has 1 fully saturated rings. The van der Waals surface area contributed by atoms with Gasteiger partial charge >= 0.3 is 6.09 Å². The fourth-order valence-corrected chi connectivity index (χ4v) is 1.68. The van der Waals surface area contributed by atoms with Crippen LogP contribution in [0.3, 0.4) is 0 Å². The molecule has 1 saturated heterocycles. The number of ether oxygens (including phenoxy) is 2. The summed E-state index contributed by atoms with van der Waals surface area (Å²) in [7, 11) is 0. The first-order valence-electron chi connectivity index (χ1n) is 5.66. The lowest BCUT2D eigenvalue weighted by molar-refractivity contribution is -0.121. The van der Waals surface area contributed by atoms with E-state index in [-0.39, 0.29) is 12.5 Å². The molecule has 0 bridgehead atoms. The van der Waals surface area contributed by atoms with E-state index in [9.17, 15) is 9.59 Å². The molecular formula is C12H15NO4. The number of hydrogen-bond donors (Lipinski definition) is 0. The highest BCUT2D eigenvalue weighted by Gasteiger charge is 2.26. The topological polar surface area (TPSA) is 55.8 Å². The van der Waals surface area contributed by atoms with Crippen LogP contribution in [-0.4, -0.2) is 42.8 Å². The molecule has 1 aliphatic carbocycles. The Labute approximate surface area is 99.7 Å². The molecular weight excluding hydrogens is 222 g/mol. The fourth-order valence-electron chi connectivity index (χ4n) is 1.68. The predicted octanol–water partition coefficient (Wildman–Crippen LogP) is 1.26. The van der Waals surface area contributed by atoms with Crippen molar-refractivity contribution in [2.24, 2.45) is 0 Å². The molecule has 0 aromatic heterocycles. The maximum absolute atomic E-state index is 11.7. The van der Waals surface area contributed by atoms with Crippen molar-refractivity contribution in [3.8, 4) is 0 Å². The highest BCUT2D eigenvalue weighted by Crippen LogP contribution is 2.14. The Balaban J connectivity index is 1.92. The molecule has 5 heteroatoms. The van der Waals surface area contributed by atoms with E-state index < -0.39 is 12.2 Å². The van der Waals surface area contributed by atoms with E-state index in [4.69, 9.17) is 9.47 Å². The lowest BCUT2D eigenvalue weighted by Crippen LogP contribution is -2.35. The van der Waals surface area contributed by atoms with Crippen LogP contribution in [0.2, 0.25) is 0 Å². The Bertz CT molecular complexity index is 380. The second kappa shape index (κ2) is 5.14. The van der Waals surface area contributed by atoms with E-state index in [2.05, 4.69) is 0 Å². The number of carbonyl (C=O) groups is 2. The third-order valence-corrected chi connectivity index (χ3v) is 2.74. The SMILES string of the molecule is CCC1=CC(=O)[C@@H](OC(=O)N2CCOC2)C=C1. The monoisotopic (exact) mass is 237 g/mol. The Morgan fingerprint density at radius 1 is 1.65 bits per heavy atom. The van der Waals surface area contributed by atoms with Gasteiger partial charge in [-0.25, -0.2) is 4.79 Å². The smallest absolute Gasteiger partial charge is 0.412 e. The number of nitrogens with zero attached hydrogens (tertiary/aromatic N) is 1. The first kappa shape index (κ1) is 11.9. The van der Waals surface area contributed by atoms with E-state index in [1.807, 2.05) is 13.0 Å². The third kappa shape index (κ3) is 2.74. The fraction of sp³-hybridized carbons (Fsp3) is 0.500. The summed E-state index contributed by atoms with van der Waals surface area (Å²) in [5, 5.41) is 0. The molecule has 5 nitrogen and oxygen atoms in total. The van der Waals surface area contributed by atoms with E-state index >= 15 is 0 Å². The first-order chi connectivity index (χ1) is 8.20. The van der Waals surface area contributed by atoms with E-state index in [1.54, 1.807) is 6.08 Å². The Kier molecular flexibility index (Phi) is 3.58. The van der Waals surface area contributed by atoms with E-state index in [1.165, 1.54) is 11.0 Å². The van der Waals surface area contributed by atoms with Crippen LogP contribution < -0.4 is 0 Å². The van der Waals surface area contributed by atoms with Gasteiger partial charge in [0.2, 0.25) is 5.78 Å². The maximum atomic E-state index is 11.7. The molecule has 1 heterocycles. The number of hydrogen-bond acceptors (Lipinski definition) is 4. The van der Waals surface area contributed by atoms with Crippen LogP contribution in [0, 0.1) is 0 Å². The molecule has 2 aliphatic rings. The molecule has 0 saturated carbocycles. The second-order valence-corrected chi connectivity index (χ2v) is 3.94. The van der Waals surface area contributed by atoms with Crippen LogP contribution in [-0.2, 0) is 14.3 Å². The van der Waals surface area contributed by atoms with Gasteiger partial charge in [0.1, 0.15) is 6.73 Å². The van der Waals surface area contributed by atoms with Crippen molar-refractivity contribution in [1.82, 2.24) is 4.90 Å². The standard InChI is InChI=1S/C12H15NO4/c1-2-9-3-4-11(10(14)7-9)17-12(15)13-5-6-16-8-13/h3-4,7,11H,2,5-6,8H2,1H3/t11-/m0/s1. The summed E-state index contributed by atoms with van der Waals surface area (Å²) >= 11 is 0. The molecule has 1 amide bonds. The van der Waals surface area contributed by atoms with Gasteiger partial charge in [0, 0.05) is 6.54 Å². The van der Waals surface area contributed by atoms with Crippen molar-refractivity contribution in [3.05, 3.63) is 23.8 Å². The van der Waals surface area contributed by atoms with Crippen LogP contribution in [0.5, 0.6) is 0 Å². The van der Waals surface area contributed by atoms with Crippen molar-refractivity contribution in [1.29, 1.82) is 0 Å². The van der Waals surface area contributed by atoms with Gasteiger partial charge in [-0.3, -0.25) is 9.69 Å². The van der Waals surface area contributed by atoms with Crippen molar-refractivity contribution in [2.75, 3.05) is 19.9 Å². The van der Waals surface area contributed by atoms with Gasteiger partial charge in [0.25, 0.3) is 0 Å². The largest absolute Gasteiger partial charge is 0.433 e. The highest BCUT2D eigenvalue weighted by molar-refractivity contribution is 5.98. The second-order valence-electron chi connectivity index (χ2n) is 3.94. The van der Waals surface area contributed by atoms with Crippen LogP contribution in [0.4, 0.5) is 4.79 Å². The van der Waals surface area contributed by atoms with Crippen molar-refractivity contribution < 1.29 is 19.1 Å². The molecule has 0 aromatic rings. The number of ketones is 1. The number of amides is 1. The highest BCUT2D eigenvalue weighted by atomic mass is 16.6. The minimum atomic E-state index is -0.793. The number of carbonyl (C=O) groups excluding carboxylic acids is 2. The summed E-state index contributed by atoms with van der Waals surface area (Å²) in [4.78, 5) is 24.7. The Morgan fingerprint density at radius 3 is 3.06 bits per heavy atom. The molecule has 92 valence electrons. The third-order valence-electron chi connectivity index (χ3n) is 2.74. The molecule has 0 unspecified atom stereocenters. The van der Waals surface area contributed by atoms with Crippen LogP contribution in [0.1, 0.15) is 13.3 Å². The van der Waals surface area contributed by atoms with Gasteiger partial charge in [-0.1, -0.05) is 13.0 Å². The molecule has 0 radical (unpaired) electrons. The van der Waals surface area contributed by atoms with E-state index in [0.29, 0.717) is 13.2 Å². The minimum absolute atomic E-state index is 0.183. The molecule has 0 spiro atoms. The summed E-state index contributed by atoms with van der Waals surface area (Å²) in [6.45, 7) is 3.24. The average Bonchev–Trinajstić information content (AvgIpc) is 2.85. The van der Waals surface area contributed by atoms with Gasteiger partial charge in [0.15, 0.2) is 6.10 Å². The Hall–Kier alpha value is -1.62. The van der Waals surface area contributed by atoms with Gasteiger partial charge in [-0.2, -0.15) is 0 Å². The summed E-state index contributed by atoms with van der Waals surface area (Å²) < 4.78 is 10.1. The minimum Gasteiger partial charge on any atom is -0.433 e. The molecule has 0 aromatic carbocycles. The average molecular weight is 237 g/mol. The maximum Gasteiger partial charge on any atom is 0.412 e. The van der Waals surface area contributed by atoms with Gasteiger partial charge < -0.3 is 9.47 Å². The zero-order chi connectivity index (χ0) is 12.3. The quantitative estimate of drug-likeness (QED) is 0.725. The molecule has 2 rings (SSSR count). The van der Waals surface area contributed by atoms with Crippen LogP contribution >= 0.6 is 0 Å².